The number of likely N-dealkylation sites (N-methyl/N-ethyl adjacent to an activating group) is 1. The van der Waals surface area contributed by atoms with Crippen LogP contribution in [-0.2, 0) is 17.8 Å². The van der Waals surface area contributed by atoms with E-state index in [4.69, 9.17) is 5.73 Å². The Hall–Kier alpha value is -1.55. The first-order valence-corrected chi connectivity index (χ1v) is 5.49. The van der Waals surface area contributed by atoms with E-state index >= 15 is 0 Å². The van der Waals surface area contributed by atoms with E-state index in [1.807, 2.05) is 0 Å². The van der Waals surface area contributed by atoms with Crippen LogP contribution in [0.4, 0.5) is 5.69 Å². The molecule has 0 saturated heterocycles. The number of benzene rings is 1. The van der Waals surface area contributed by atoms with E-state index in [2.05, 4.69) is 35.5 Å². The van der Waals surface area contributed by atoms with E-state index < -0.39 is 0 Å². The Morgan fingerprint density at radius 2 is 2.38 bits per heavy atom. The fourth-order valence-electron chi connectivity index (χ4n) is 2.06. The number of carbonyl (C=O) groups is 1. The number of nitrogens with two attached hydrogens (primary N) is 1. The average Bonchev–Trinajstić information content (AvgIpc) is 2.60. The van der Waals surface area contributed by atoms with Gasteiger partial charge in [-0.3, -0.25) is 4.79 Å². The molecule has 86 valence electrons. The topological polar surface area (TPSA) is 58.4 Å². The maximum absolute atomic E-state index is 10.6. The summed E-state index contributed by atoms with van der Waals surface area (Å²) in [7, 11) is 2.11. The van der Waals surface area contributed by atoms with Gasteiger partial charge in [-0.25, -0.2) is 0 Å². The lowest BCUT2D eigenvalue weighted by atomic mass is 10.1. The van der Waals surface area contributed by atoms with E-state index in [0.29, 0.717) is 6.54 Å². The number of hydrogen-bond acceptors (Lipinski definition) is 3. The number of carbonyl (C=O) groups excluding carboxylic acids is 1. The summed E-state index contributed by atoms with van der Waals surface area (Å²) < 4.78 is 0. The first-order chi connectivity index (χ1) is 7.66. The number of rotatable bonds is 4. The van der Waals surface area contributed by atoms with Crippen LogP contribution in [0.15, 0.2) is 18.2 Å². The van der Waals surface area contributed by atoms with Gasteiger partial charge in [0.05, 0.1) is 6.54 Å². The summed E-state index contributed by atoms with van der Waals surface area (Å²) in [5, 5.41) is 3.02. The van der Waals surface area contributed by atoms with Crippen molar-refractivity contribution in [3.8, 4) is 0 Å². The molecule has 0 fully saturated rings. The van der Waals surface area contributed by atoms with E-state index in [1.165, 1.54) is 16.8 Å². The molecule has 0 spiro atoms. The third-order valence-corrected chi connectivity index (χ3v) is 2.90. The molecule has 1 aliphatic rings. The first-order valence-electron chi connectivity index (χ1n) is 5.49. The van der Waals surface area contributed by atoms with E-state index in [0.717, 1.165) is 13.0 Å². The van der Waals surface area contributed by atoms with Crippen LogP contribution < -0.4 is 16.0 Å². The smallest absolute Gasteiger partial charge is 0.231 e. The van der Waals surface area contributed by atoms with Crippen molar-refractivity contribution in [1.82, 2.24) is 5.32 Å². The van der Waals surface area contributed by atoms with Crippen molar-refractivity contribution >= 4 is 11.6 Å². The summed E-state index contributed by atoms with van der Waals surface area (Å²) in [4.78, 5) is 12.8. The van der Waals surface area contributed by atoms with Crippen molar-refractivity contribution in [2.24, 2.45) is 5.73 Å². The molecule has 1 heterocycles. The molecule has 0 atom stereocenters. The van der Waals surface area contributed by atoms with Crippen molar-refractivity contribution in [3.05, 3.63) is 29.3 Å². The highest BCUT2D eigenvalue weighted by Gasteiger charge is 2.15. The fraction of sp³-hybridized carbons (Fsp3) is 0.417. The molecule has 3 N–H and O–H groups in total. The largest absolute Gasteiger partial charge is 0.374 e. The van der Waals surface area contributed by atoms with Crippen molar-refractivity contribution in [1.29, 1.82) is 0 Å². The van der Waals surface area contributed by atoms with Gasteiger partial charge in [-0.2, -0.15) is 0 Å². The van der Waals surface area contributed by atoms with Crippen LogP contribution in [0.5, 0.6) is 0 Å². The van der Waals surface area contributed by atoms with Gasteiger partial charge in [0.15, 0.2) is 0 Å². The lowest BCUT2D eigenvalue weighted by Gasteiger charge is -2.12. The molecule has 0 unspecified atom stereocenters. The third kappa shape index (κ3) is 2.33. The van der Waals surface area contributed by atoms with Gasteiger partial charge < -0.3 is 16.0 Å². The van der Waals surface area contributed by atoms with Crippen molar-refractivity contribution in [2.75, 3.05) is 25.0 Å². The van der Waals surface area contributed by atoms with Crippen LogP contribution in [0, 0.1) is 0 Å². The van der Waals surface area contributed by atoms with E-state index in [1.54, 1.807) is 0 Å². The number of primary amides is 1. The van der Waals surface area contributed by atoms with Crippen LogP contribution in [0.2, 0.25) is 0 Å². The molecule has 16 heavy (non-hydrogen) atoms. The van der Waals surface area contributed by atoms with Crippen molar-refractivity contribution in [3.63, 3.8) is 0 Å². The highest BCUT2D eigenvalue weighted by molar-refractivity contribution is 5.75. The molecule has 4 heteroatoms. The number of nitrogens with one attached hydrogen (secondary N) is 1. The number of fused-ring (bicyclic) bond motifs is 1. The zero-order valence-corrected chi connectivity index (χ0v) is 9.49. The second-order valence-electron chi connectivity index (χ2n) is 4.20. The molecule has 1 aromatic carbocycles. The molecule has 4 nitrogen and oxygen atoms in total. The fourth-order valence-corrected chi connectivity index (χ4v) is 2.06. The minimum atomic E-state index is -0.319. The Balaban J connectivity index is 1.99. The van der Waals surface area contributed by atoms with Gasteiger partial charge in [0, 0.05) is 25.8 Å². The zero-order valence-electron chi connectivity index (χ0n) is 9.49. The average molecular weight is 219 g/mol. The minimum Gasteiger partial charge on any atom is -0.374 e. The van der Waals surface area contributed by atoms with Gasteiger partial charge in [0.25, 0.3) is 0 Å². The van der Waals surface area contributed by atoms with Crippen LogP contribution in [0.3, 0.4) is 0 Å². The molecule has 0 bridgehead atoms. The monoisotopic (exact) mass is 219 g/mol. The molecular weight excluding hydrogens is 202 g/mol. The zero-order chi connectivity index (χ0) is 11.5. The summed E-state index contributed by atoms with van der Waals surface area (Å²) in [6.45, 7) is 2.02. The lowest BCUT2D eigenvalue weighted by Crippen LogP contribution is -2.28. The highest BCUT2D eigenvalue weighted by atomic mass is 16.1. The quantitative estimate of drug-likeness (QED) is 0.763. The summed E-state index contributed by atoms with van der Waals surface area (Å²) in [5.41, 5.74) is 8.97. The number of anilines is 1. The van der Waals surface area contributed by atoms with Gasteiger partial charge in [-0.15, -0.1) is 0 Å². The summed E-state index contributed by atoms with van der Waals surface area (Å²) in [6.07, 6.45) is 1.11. The van der Waals surface area contributed by atoms with Crippen LogP contribution in [0.25, 0.3) is 0 Å². The van der Waals surface area contributed by atoms with Crippen LogP contribution >= 0.6 is 0 Å². The molecule has 0 aliphatic carbocycles. The Bertz CT molecular complexity index is 403. The lowest BCUT2D eigenvalue weighted by molar-refractivity contribution is -0.117. The maximum Gasteiger partial charge on any atom is 0.231 e. The molecule has 2 rings (SSSR count). The Labute approximate surface area is 95.4 Å². The normalized spacial score (nSPS) is 13.9. The number of nitrogens with zero attached hydrogens (tertiary/aromatic N) is 1. The number of hydrogen-bond donors (Lipinski definition) is 2. The summed E-state index contributed by atoms with van der Waals surface area (Å²) >= 11 is 0. The van der Waals surface area contributed by atoms with Crippen LogP contribution in [-0.4, -0.2) is 26.0 Å². The van der Waals surface area contributed by atoms with Gasteiger partial charge >= 0.3 is 0 Å². The second-order valence-corrected chi connectivity index (χ2v) is 4.20. The minimum absolute atomic E-state index is 0.233. The predicted molar refractivity (Wildman–Crippen MR) is 64.3 cm³/mol. The SMILES string of the molecule is CN1CCc2cc(CNCC(N)=O)ccc21. The van der Waals surface area contributed by atoms with E-state index in [9.17, 15) is 4.79 Å². The summed E-state index contributed by atoms with van der Waals surface area (Å²) in [6, 6.07) is 6.44. The van der Waals surface area contributed by atoms with Crippen LogP contribution in [0.1, 0.15) is 11.1 Å². The molecule has 0 saturated carbocycles. The molecule has 0 radical (unpaired) electrons. The molecule has 1 amide bonds. The molecule has 1 aliphatic heterocycles. The standard InChI is InChI=1S/C12H17N3O/c1-15-5-4-10-6-9(2-3-11(10)15)7-14-8-12(13)16/h2-3,6,14H,4-5,7-8H2,1H3,(H2,13,16). The van der Waals surface area contributed by atoms with Gasteiger partial charge in [0.2, 0.25) is 5.91 Å². The van der Waals surface area contributed by atoms with Gasteiger partial charge in [-0.05, 0) is 23.6 Å². The Morgan fingerprint density at radius 1 is 1.56 bits per heavy atom. The Kier molecular flexibility index (Phi) is 3.10. The van der Waals surface area contributed by atoms with E-state index in [-0.39, 0.29) is 12.5 Å². The predicted octanol–water partition coefficient (Wildman–Crippen LogP) is 0.254. The molecular formula is C12H17N3O. The number of amides is 1. The summed E-state index contributed by atoms with van der Waals surface area (Å²) in [5.74, 6) is -0.319. The molecule has 0 aromatic heterocycles. The Morgan fingerprint density at radius 3 is 3.12 bits per heavy atom. The highest BCUT2D eigenvalue weighted by Crippen LogP contribution is 2.27. The van der Waals surface area contributed by atoms with Gasteiger partial charge in [-0.1, -0.05) is 12.1 Å². The van der Waals surface area contributed by atoms with Crippen molar-refractivity contribution < 1.29 is 4.79 Å². The third-order valence-electron chi connectivity index (χ3n) is 2.90. The van der Waals surface area contributed by atoms with Crippen molar-refractivity contribution in [2.45, 2.75) is 13.0 Å². The first kappa shape index (κ1) is 11.0. The molecule has 1 aromatic rings. The van der Waals surface area contributed by atoms with Gasteiger partial charge in [0.1, 0.15) is 0 Å². The maximum atomic E-state index is 10.6. The second kappa shape index (κ2) is 4.53.